The Balaban J connectivity index is 1.64. The third-order valence-corrected chi connectivity index (χ3v) is 8.05. The van der Waals surface area contributed by atoms with E-state index in [1.807, 2.05) is 0 Å². The Hall–Kier alpha value is -0.610. The Bertz CT molecular complexity index is 483. The summed E-state index contributed by atoms with van der Waals surface area (Å²) in [6.45, 7) is 15.5. The summed E-state index contributed by atoms with van der Waals surface area (Å²) in [6.07, 6.45) is 18.2. The van der Waals surface area contributed by atoms with Gasteiger partial charge in [0.1, 0.15) is 0 Å². The van der Waals surface area contributed by atoms with Crippen LogP contribution in [0, 0.1) is 11.3 Å². The van der Waals surface area contributed by atoms with Gasteiger partial charge in [0.15, 0.2) is 0 Å². The molecule has 0 aromatic carbocycles. The molecule has 2 fully saturated rings. The van der Waals surface area contributed by atoms with Crippen LogP contribution in [0.4, 0.5) is 0 Å². The standard InChI is InChI=1S/C28H55N3O/c1-5-8-11-14-25(4)22-30-19-17-28(18-20-30)23-31(24-28)27(32)21-29-26(15-12-9-6-2)16-13-10-7-3/h25-26,29H,5-24H2,1-4H3. The van der Waals surface area contributed by atoms with Crippen molar-refractivity contribution in [1.29, 1.82) is 0 Å². The summed E-state index contributed by atoms with van der Waals surface area (Å²) in [6, 6.07) is 0.523. The smallest absolute Gasteiger partial charge is 0.236 e. The largest absolute Gasteiger partial charge is 0.340 e. The number of carbonyl (C=O) groups excluding carboxylic acids is 1. The molecule has 1 unspecified atom stereocenters. The van der Waals surface area contributed by atoms with Gasteiger partial charge in [-0.15, -0.1) is 0 Å². The molecule has 0 radical (unpaired) electrons. The van der Waals surface area contributed by atoms with E-state index in [0.29, 0.717) is 23.9 Å². The fourth-order valence-corrected chi connectivity index (χ4v) is 5.71. The zero-order chi connectivity index (χ0) is 23.2. The van der Waals surface area contributed by atoms with E-state index < -0.39 is 0 Å². The molecule has 2 heterocycles. The molecule has 1 atom stereocenters. The fourth-order valence-electron chi connectivity index (χ4n) is 5.71. The highest BCUT2D eigenvalue weighted by molar-refractivity contribution is 5.79. The van der Waals surface area contributed by atoms with E-state index in [4.69, 9.17) is 0 Å². The lowest BCUT2D eigenvalue weighted by Crippen LogP contribution is -2.63. The molecule has 0 saturated carbocycles. The number of carbonyl (C=O) groups is 1. The van der Waals surface area contributed by atoms with Gasteiger partial charge in [0.25, 0.3) is 0 Å². The third-order valence-electron chi connectivity index (χ3n) is 8.05. The van der Waals surface area contributed by atoms with Gasteiger partial charge in [-0.2, -0.15) is 0 Å². The van der Waals surface area contributed by atoms with Gasteiger partial charge in [0.2, 0.25) is 5.91 Å². The number of unbranched alkanes of at least 4 members (excludes halogenated alkanes) is 6. The molecule has 1 N–H and O–H groups in total. The minimum absolute atomic E-state index is 0.332. The van der Waals surface area contributed by atoms with Gasteiger partial charge < -0.3 is 15.1 Å². The SMILES string of the molecule is CCCCCC(C)CN1CCC2(CC1)CN(C(=O)CNC(CCCCC)CCCCC)C2. The van der Waals surface area contributed by atoms with Crippen molar-refractivity contribution in [3.63, 3.8) is 0 Å². The van der Waals surface area contributed by atoms with Crippen LogP contribution in [0.5, 0.6) is 0 Å². The van der Waals surface area contributed by atoms with Crippen LogP contribution in [0.3, 0.4) is 0 Å². The summed E-state index contributed by atoms with van der Waals surface area (Å²) >= 11 is 0. The Morgan fingerprint density at radius 1 is 0.844 bits per heavy atom. The molecule has 1 amide bonds. The predicted molar refractivity (Wildman–Crippen MR) is 138 cm³/mol. The average molecular weight is 450 g/mol. The molecular weight excluding hydrogens is 394 g/mol. The van der Waals surface area contributed by atoms with Crippen LogP contribution >= 0.6 is 0 Å². The predicted octanol–water partition coefficient (Wildman–Crippen LogP) is 6.25. The van der Waals surface area contributed by atoms with E-state index in [0.717, 1.165) is 19.0 Å². The number of hydrogen-bond donors (Lipinski definition) is 1. The summed E-state index contributed by atoms with van der Waals surface area (Å²) in [5.74, 6) is 1.15. The lowest BCUT2D eigenvalue weighted by molar-refractivity contribution is -0.146. The van der Waals surface area contributed by atoms with E-state index in [9.17, 15) is 4.79 Å². The first-order valence-corrected chi connectivity index (χ1v) is 14.3. The first-order chi connectivity index (χ1) is 15.5. The van der Waals surface area contributed by atoms with Crippen molar-refractivity contribution < 1.29 is 4.79 Å². The quantitative estimate of drug-likeness (QED) is 0.267. The molecule has 188 valence electrons. The second-order valence-corrected chi connectivity index (χ2v) is 11.2. The van der Waals surface area contributed by atoms with Crippen molar-refractivity contribution in [2.24, 2.45) is 11.3 Å². The molecule has 1 spiro atoms. The number of nitrogens with one attached hydrogen (secondary N) is 1. The van der Waals surface area contributed by atoms with Crippen LogP contribution in [0.1, 0.15) is 118 Å². The van der Waals surface area contributed by atoms with E-state index in [1.165, 1.54) is 110 Å². The molecule has 0 aliphatic carbocycles. The Morgan fingerprint density at radius 2 is 1.38 bits per heavy atom. The highest BCUT2D eigenvalue weighted by atomic mass is 16.2. The molecule has 0 aromatic heterocycles. The Labute approximate surface area is 200 Å². The topological polar surface area (TPSA) is 35.6 Å². The summed E-state index contributed by atoms with van der Waals surface area (Å²) in [5.41, 5.74) is 0.430. The molecule has 2 aliphatic heterocycles. The van der Waals surface area contributed by atoms with Crippen molar-refractivity contribution in [3.05, 3.63) is 0 Å². The Morgan fingerprint density at radius 3 is 1.91 bits per heavy atom. The van der Waals surface area contributed by atoms with Crippen molar-refractivity contribution in [2.75, 3.05) is 39.3 Å². The number of rotatable bonds is 17. The second kappa shape index (κ2) is 15.3. The van der Waals surface area contributed by atoms with Crippen molar-refractivity contribution in [1.82, 2.24) is 15.1 Å². The van der Waals surface area contributed by atoms with Gasteiger partial charge in [-0.25, -0.2) is 0 Å². The molecule has 4 heteroatoms. The van der Waals surface area contributed by atoms with E-state index in [1.54, 1.807) is 0 Å². The molecule has 4 nitrogen and oxygen atoms in total. The van der Waals surface area contributed by atoms with Crippen molar-refractivity contribution in [2.45, 2.75) is 124 Å². The highest BCUT2D eigenvalue weighted by Gasteiger charge is 2.46. The molecule has 0 aromatic rings. The lowest BCUT2D eigenvalue weighted by atomic mass is 9.72. The van der Waals surface area contributed by atoms with Gasteiger partial charge in [0, 0.05) is 31.1 Å². The van der Waals surface area contributed by atoms with Crippen LogP contribution in [-0.2, 0) is 4.79 Å². The zero-order valence-corrected chi connectivity index (χ0v) is 22.1. The fraction of sp³-hybridized carbons (Fsp3) is 0.964. The number of amides is 1. The second-order valence-electron chi connectivity index (χ2n) is 11.2. The van der Waals surface area contributed by atoms with Gasteiger partial charge >= 0.3 is 0 Å². The first kappa shape index (κ1) is 27.6. The minimum atomic E-state index is 0.332. The van der Waals surface area contributed by atoms with E-state index >= 15 is 0 Å². The number of hydrogen-bond acceptors (Lipinski definition) is 3. The van der Waals surface area contributed by atoms with Gasteiger partial charge in [-0.05, 0) is 51.1 Å². The Kier molecular flexibility index (Phi) is 13.2. The van der Waals surface area contributed by atoms with E-state index in [-0.39, 0.29) is 0 Å². The first-order valence-electron chi connectivity index (χ1n) is 14.3. The molecule has 2 saturated heterocycles. The normalized spacial score (nSPS) is 19.5. The van der Waals surface area contributed by atoms with Crippen LogP contribution in [-0.4, -0.2) is 61.0 Å². The molecule has 2 rings (SSSR count). The molecular formula is C28H55N3O. The highest BCUT2D eigenvalue weighted by Crippen LogP contribution is 2.40. The van der Waals surface area contributed by atoms with Gasteiger partial charge in [0.05, 0.1) is 6.54 Å². The summed E-state index contributed by atoms with van der Waals surface area (Å²) < 4.78 is 0. The minimum Gasteiger partial charge on any atom is -0.340 e. The van der Waals surface area contributed by atoms with Crippen LogP contribution < -0.4 is 5.32 Å². The number of nitrogens with zero attached hydrogens (tertiary/aromatic N) is 2. The van der Waals surface area contributed by atoms with Crippen LogP contribution in [0.2, 0.25) is 0 Å². The average Bonchev–Trinajstić information content (AvgIpc) is 2.76. The van der Waals surface area contributed by atoms with Crippen LogP contribution in [0.15, 0.2) is 0 Å². The third kappa shape index (κ3) is 9.71. The monoisotopic (exact) mass is 449 g/mol. The molecule has 0 bridgehead atoms. The maximum atomic E-state index is 12.8. The van der Waals surface area contributed by atoms with Gasteiger partial charge in [-0.3, -0.25) is 4.79 Å². The maximum Gasteiger partial charge on any atom is 0.236 e. The summed E-state index contributed by atoms with van der Waals surface area (Å²) in [5, 5.41) is 3.63. The maximum absolute atomic E-state index is 12.8. The summed E-state index contributed by atoms with van der Waals surface area (Å²) in [7, 11) is 0. The van der Waals surface area contributed by atoms with Crippen molar-refractivity contribution >= 4 is 5.91 Å². The van der Waals surface area contributed by atoms with Gasteiger partial charge in [-0.1, -0.05) is 85.5 Å². The van der Waals surface area contributed by atoms with Crippen LogP contribution in [0.25, 0.3) is 0 Å². The number of piperidine rings is 1. The lowest BCUT2D eigenvalue weighted by Gasteiger charge is -2.54. The summed E-state index contributed by atoms with van der Waals surface area (Å²) in [4.78, 5) is 17.6. The van der Waals surface area contributed by atoms with E-state index in [2.05, 4.69) is 42.8 Å². The zero-order valence-electron chi connectivity index (χ0n) is 22.1. The molecule has 32 heavy (non-hydrogen) atoms. The van der Waals surface area contributed by atoms with Crippen molar-refractivity contribution in [3.8, 4) is 0 Å². The molecule has 2 aliphatic rings. The number of likely N-dealkylation sites (tertiary alicyclic amines) is 2.